The number of phenols is 2. The van der Waals surface area contributed by atoms with Crippen LogP contribution in [0.25, 0.3) is 0 Å². The summed E-state index contributed by atoms with van der Waals surface area (Å²) in [7, 11) is 0. The molecule has 1 aliphatic rings. The number of nitrogens with zero attached hydrogens (tertiary/aromatic N) is 2. The first-order chi connectivity index (χ1) is 13.5. The summed E-state index contributed by atoms with van der Waals surface area (Å²) in [6.07, 6.45) is 2.45. The monoisotopic (exact) mass is 377 g/mol. The SMILES string of the molecule is Cc1ncc2c(c1O)C(c1cc(C=Nc3ccccc3N)c(O)cc1O)OC2. The fraction of sp³-hybridized carbons (Fsp3) is 0.143. The van der Waals surface area contributed by atoms with Crippen LogP contribution in [0, 0.1) is 6.92 Å². The largest absolute Gasteiger partial charge is 0.507 e. The zero-order valence-corrected chi connectivity index (χ0v) is 15.1. The lowest BCUT2D eigenvalue weighted by atomic mass is 9.96. The normalized spacial score (nSPS) is 15.8. The van der Waals surface area contributed by atoms with Gasteiger partial charge < -0.3 is 25.8 Å². The van der Waals surface area contributed by atoms with Crippen LogP contribution in [-0.4, -0.2) is 26.5 Å². The zero-order chi connectivity index (χ0) is 19.8. The van der Waals surface area contributed by atoms with Crippen molar-refractivity contribution in [1.29, 1.82) is 0 Å². The molecule has 0 saturated carbocycles. The van der Waals surface area contributed by atoms with Gasteiger partial charge in [0.2, 0.25) is 0 Å². The summed E-state index contributed by atoms with van der Waals surface area (Å²) < 4.78 is 5.80. The molecular weight excluding hydrogens is 358 g/mol. The van der Waals surface area contributed by atoms with E-state index in [1.807, 2.05) is 12.1 Å². The van der Waals surface area contributed by atoms with E-state index in [1.54, 1.807) is 31.3 Å². The van der Waals surface area contributed by atoms with Crippen molar-refractivity contribution >= 4 is 17.6 Å². The number of fused-ring (bicyclic) bond motifs is 1. The topological polar surface area (TPSA) is 121 Å². The fourth-order valence-corrected chi connectivity index (χ4v) is 3.23. The number of aryl methyl sites for hydroxylation is 1. The van der Waals surface area contributed by atoms with Gasteiger partial charge in [-0.3, -0.25) is 9.98 Å². The van der Waals surface area contributed by atoms with Gasteiger partial charge in [-0.15, -0.1) is 0 Å². The van der Waals surface area contributed by atoms with Gasteiger partial charge in [-0.25, -0.2) is 0 Å². The van der Waals surface area contributed by atoms with E-state index in [4.69, 9.17) is 10.5 Å². The Morgan fingerprint density at radius 2 is 1.96 bits per heavy atom. The molecule has 2 aromatic carbocycles. The standard InChI is InChI=1S/C21H19N3O4/c1-11-20(27)19-13(9-23-11)10-28-21(19)14-6-12(17(25)7-18(14)26)8-24-16-5-3-2-4-15(16)22/h2-9,21,25-27H,10,22H2,1H3. The van der Waals surface area contributed by atoms with E-state index in [0.29, 0.717) is 33.8 Å². The maximum absolute atomic E-state index is 10.4. The Labute approximate surface area is 161 Å². The van der Waals surface area contributed by atoms with Crippen LogP contribution < -0.4 is 5.73 Å². The first-order valence-corrected chi connectivity index (χ1v) is 8.69. The smallest absolute Gasteiger partial charge is 0.143 e. The number of aromatic hydroxyl groups is 3. The Bertz CT molecular complexity index is 1100. The van der Waals surface area contributed by atoms with E-state index in [2.05, 4.69) is 9.98 Å². The molecule has 7 heteroatoms. The number of nitrogen functional groups attached to an aromatic ring is 1. The third-order valence-corrected chi connectivity index (χ3v) is 4.76. The van der Waals surface area contributed by atoms with Crippen molar-refractivity contribution in [2.45, 2.75) is 19.6 Å². The van der Waals surface area contributed by atoms with Gasteiger partial charge in [0.15, 0.2) is 0 Å². The number of aliphatic imine (C=N–C) groups is 1. The summed E-state index contributed by atoms with van der Waals surface area (Å²) in [6, 6.07) is 9.93. The molecule has 2 heterocycles. The summed E-state index contributed by atoms with van der Waals surface area (Å²) in [5.74, 6) is -0.229. The minimum Gasteiger partial charge on any atom is -0.507 e. The predicted octanol–water partition coefficient (Wildman–Crippen LogP) is 3.46. The van der Waals surface area contributed by atoms with Gasteiger partial charge in [-0.1, -0.05) is 12.1 Å². The number of anilines is 1. The van der Waals surface area contributed by atoms with Gasteiger partial charge in [0.1, 0.15) is 23.4 Å². The number of rotatable bonds is 3. The molecule has 0 fully saturated rings. The molecule has 7 nitrogen and oxygen atoms in total. The molecule has 0 aliphatic carbocycles. The van der Waals surface area contributed by atoms with Gasteiger partial charge in [0.25, 0.3) is 0 Å². The third-order valence-electron chi connectivity index (χ3n) is 4.76. The maximum Gasteiger partial charge on any atom is 0.143 e. The second-order valence-electron chi connectivity index (χ2n) is 6.61. The molecule has 5 N–H and O–H groups in total. The van der Waals surface area contributed by atoms with Crippen molar-refractivity contribution in [2.75, 3.05) is 5.73 Å². The van der Waals surface area contributed by atoms with Crippen molar-refractivity contribution in [3.63, 3.8) is 0 Å². The molecule has 1 aromatic heterocycles. The van der Waals surface area contributed by atoms with Crippen LogP contribution in [0.3, 0.4) is 0 Å². The number of benzene rings is 2. The number of nitrogens with two attached hydrogens (primary N) is 1. The number of ether oxygens (including phenoxy) is 1. The fourth-order valence-electron chi connectivity index (χ4n) is 3.23. The minimum absolute atomic E-state index is 0.0414. The molecule has 1 aliphatic heterocycles. The second kappa shape index (κ2) is 6.86. The van der Waals surface area contributed by atoms with Crippen molar-refractivity contribution in [3.8, 4) is 17.2 Å². The van der Waals surface area contributed by atoms with Gasteiger partial charge in [-0.2, -0.15) is 0 Å². The van der Waals surface area contributed by atoms with Crippen molar-refractivity contribution in [3.05, 3.63) is 70.5 Å². The Morgan fingerprint density at radius 1 is 1.18 bits per heavy atom. The number of pyridine rings is 1. The molecule has 0 saturated heterocycles. The van der Waals surface area contributed by atoms with Crippen LogP contribution in [-0.2, 0) is 11.3 Å². The van der Waals surface area contributed by atoms with E-state index in [9.17, 15) is 15.3 Å². The predicted molar refractivity (Wildman–Crippen MR) is 105 cm³/mol. The lowest BCUT2D eigenvalue weighted by Gasteiger charge is -2.16. The average molecular weight is 377 g/mol. The molecule has 28 heavy (non-hydrogen) atoms. The molecule has 0 amide bonds. The lowest BCUT2D eigenvalue weighted by Crippen LogP contribution is -2.02. The first kappa shape index (κ1) is 17.8. The minimum atomic E-state index is -0.675. The van der Waals surface area contributed by atoms with E-state index in [-0.39, 0.29) is 23.9 Å². The third kappa shape index (κ3) is 3.01. The van der Waals surface area contributed by atoms with Gasteiger partial charge in [0.05, 0.1) is 23.7 Å². The Kier molecular flexibility index (Phi) is 4.37. The van der Waals surface area contributed by atoms with Crippen LogP contribution >= 0.6 is 0 Å². The summed E-state index contributed by atoms with van der Waals surface area (Å²) >= 11 is 0. The maximum atomic E-state index is 10.4. The van der Waals surface area contributed by atoms with Gasteiger partial charge in [-0.05, 0) is 25.1 Å². The molecule has 0 spiro atoms. The number of hydrogen-bond acceptors (Lipinski definition) is 7. The first-order valence-electron chi connectivity index (χ1n) is 8.69. The molecule has 142 valence electrons. The van der Waals surface area contributed by atoms with Crippen molar-refractivity contribution in [1.82, 2.24) is 4.98 Å². The highest BCUT2D eigenvalue weighted by molar-refractivity contribution is 5.87. The summed E-state index contributed by atoms with van der Waals surface area (Å²) in [5, 5.41) is 31.0. The highest BCUT2D eigenvalue weighted by Gasteiger charge is 2.31. The Morgan fingerprint density at radius 3 is 2.75 bits per heavy atom. The van der Waals surface area contributed by atoms with Gasteiger partial charge in [0, 0.05) is 40.7 Å². The molecule has 4 rings (SSSR count). The summed E-state index contributed by atoms with van der Waals surface area (Å²) in [6.45, 7) is 1.97. The van der Waals surface area contributed by atoms with Crippen LogP contribution in [0.15, 0.2) is 47.6 Å². The average Bonchev–Trinajstić information content (AvgIpc) is 3.10. The van der Waals surface area contributed by atoms with E-state index in [0.717, 1.165) is 5.56 Å². The summed E-state index contributed by atoms with van der Waals surface area (Å²) in [4.78, 5) is 8.46. The van der Waals surface area contributed by atoms with Crippen LogP contribution in [0.1, 0.15) is 34.1 Å². The molecule has 1 unspecified atom stereocenters. The van der Waals surface area contributed by atoms with Crippen molar-refractivity contribution in [2.24, 2.45) is 4.99 Å². The van der Waals surface area contributed by atoms with Crippen LogP contribution in [0.4, 0.5) is 11.4 Å². The highest BCUT2D eigenvalue weighted by atomic mass is 16.5. The second-order valence-corrected chi connectivity index (χ2v) is 6.61. The molecular formula is C21H19N3O4. The number of para-hydroxylation sites is 2. The van der Waals surface area contributed by atoms with E-state index >= 15 is 0 Å². The van der Waals surface area contributed by atoms with Crippen molar-refractivity contribution < 1.29 is 20.1 Å². The number of aromatic nitrogens is 1. The lowest BCUT2D eigenvalue weighted by molar-refractivity contribution is 0.0910. The highest BCUT2D eigenvalue weighted by Crippen LogP contribution is 2.45. The molecule has 0 bridgehead atoms. The quantitative estimate of drug-likeness (QED) is 0.410. The Balaban J connectivity index is 1.76. The number of phenolic OH excluding ortho intramolecular Hbond substituents is 2. The molecule has 0 radical (unpaired) electrons. The molecule has 1 atom stereocenters. The number of hydrogen-bond donors (Lipinski definition) is 4. The zero-order valence-electron chi connectivity index (χ0n) is 15.1. The van der Waals surface area contributed by atoms with Crippen LogP contribution in [0.2, 0.25) is 0 Å². The van der Waals surface area contributed by atoms with E-state index in [1.165, 1.54) is 12.3 Å². The molecule has 3 aromatic rings. The summed E-state index contributed by atoms with van der Waals surface area (Å²) in [5.41, 5.74) is 9.58. The Hall–Kier alpha value is -3.58. The van der Waals surface area contributed by atoms with E-state index < -0.39 is 6.10 Å². The van der Waals surface area contributed by atoms with Gasteiger partial charge >= 0.3 is 0 Å². The van der Waals surface area contributed by atoms with Crippen LogP contribution in [0.5, 0.6) is 17.2 Å².